The van der Waals surface area contributed by atoms with E-state index >= 15 is 0 Å². The Morgan fingerprint density at radius 3 is 2.67 bits per heavy atom. The molecule has 0 unspecified atom stereocenters. The summed E-state index contributed by atoms with van der Waals surface area (Å²) in [4.78, 5) is 6.59. The van der Waals surface area contributed by atoms with Crippen LogP contribution in [0.15, 0.2) is 18.3 Å². The Bertz CT molecular complexity index is 302. The van der Waals surface area contributed by atoms with E-state index in [1.165, 1.54) is 5.56 Å². The van der Waals surface area contributed by atoms with Crippen molar-refractivity contribution < 1.29 is 4.74 Å². The minimum atomic E-state index is 0.344. The molecule has 15 heavy (non-hydrogen) atoms. The molecule has 0 aliphatic carbocycles. The molecule has 1 aromatic heterocycles. The Morgan fingerprint density at radius 1 is 1.33 bits per heavy atom. The maximum absolute atomic E-state index is 5.82. The smallest absolute Gasteiger partial charge is 0.213 e. The molecule has 0 amide bonds. The lowest BCUT2D eigenvalue weighted by Gasteiger charge is -2.28. The van der Waals surface area contributed by atoms with Crippen LogP contribution in [0.4, 0.5) is 0 Å². The first kappa shape index (κ1) is 10.4. The van der Waals surface area contributed by atoms with Gasteiger partial charge in [-0.2, -0.15) is 0 Å². The molecule has 1 fully saturated rings. The molecule has 0 bridgehead atoms. The van der Waals surface area contributed by atoms with Gasteiger partial charge in [0.05, 0.1) is 0 Å². The zero-order valence-corrected chi connectivity index (χ0v) is 9.44. The summed E-state index contributed by atoms with van der Waals surface area (Å²) in [5.74, 6) is 0.759. The number of nitrogens with zero attached hydrogens (tertiary/aromatic N) is 2. The molecule has 82 valence electrons. The van der Waals surface area contributed by atoms with Gasteiger partial charge in [0.15, 0.2) is 0 Å². The molecule has 3 nitrogen and oxygen atoms in total. The van der Waals surface area contributed by atoms with Crippen molar-refractivity contribution in [3.63, 3.8) is 0 Å². The number of ether oxygens (including phenoxy) is 1. The molecule has 1 aliphatic heterocycles. The van der Waals surface area contributed by atoms with E-state index in [9.17, 15) is 0 Å². The van der Waals surface area contributed by atoms with Gasteiger partial charge in [-0.3, -0.25) is 0 Å². The molecular weight excluding hydrogens is 188 g/mol. The number of likely N-dealkylation sites (tertiary alicyclic amines) is 1. The van der Waals surface area contributed by atoms with Crippen LogP contribution in [0.3, 0.4) is 0 Å². The third-order valence-corrected chi connectivity index (χ3v) is 2.84. The number of hydrogen-bond acceptors (Lipinski definition) is 3. The van der Waals surface area contributed by atoms with Crippen LogP contribution in [0.2, 0.25) is 0 Å². The van der Waals surface area contributed by atoms with E-state index in [1.54, 1.807) is 0 Å². The minimum absolute atomic E-state index is 0.344. The Kier molecular flexibility index (Phi) is 3.21. The average Bonchev–Trinajstić information content (AvgIpc) is 2.25. The summed E-state index contributed by atoms with van der Waals surface area (Å²) >= 11 is 0. The third-order valence-electron chi connectivity index (χ3n) is 2.84. The van der Waals surface area contributed by atoms with Gasteiger partial charge >= 0.3 is 0 Å². The van der Waals surface area contributed by atoms with Crippen LogP contribution < -0.4 is 4.74 Å². The summed E-state index contributed by atoms with van der Waals surface area (Å²) in [6.45, 7) is 4.28. The predicted octanol–water partition coefficient (Wildman–Crippen LogP) is 1.86. The van der Waals surface area contributed by atoms with Crippen molar-refractivity contribution in [3.8, 4) is 5.88 Å². The molecule has 0 aromatic carbocycles. The Balaban J connectivity index is 1.89. The second-order valence-corrected chi connectivity index (χ2v) is 4.29. The molecule has 3 heteroatoms. The molecule has 1 saturated heterocycles. The third kappa shape index (κ3) is 2.93. The Hall–Kier alpha value is -1.09. The predicted molar refractivity (Wildman–Crippen MR) is 60.1 cm³/mol. The molecule has 0 spiro atoms. The van der Waals surface area contributed by atoms with Gasteiger partial charge in [0.2, 0.25) is 5.88 Å². The molecule has 0 N–H and O–H groups in total. The molecular formula is C12H18N2O. The van der Waals surface area contributed by atoms with E-state index < -0.39 is 0 Å². The van der Waals surface area contributed by atoms with E-state index in [0.717, 1.165) is 31.8 Å². The Morgan fingerprint density at radius 2 is 2.07 bits per heavy atom. The minimum Gasteiger partial charge on any atom is -0.474 e. The van der Waals surface area contributed by atoms with E-state index in [-0.39, 0.29) is 0 Å². The molecule has 0 radical (unpaired) electrons. The number of piperidine rings is 1. The van der Waals surface area contributed by atoms with Gasteiger partial charge < -0.3 is 9.64 Å². The lowest BCUT2D eigenvalue weighted by Crippen LogP contribution is -2.35. The summed E-state index contributed by atoms with van der Waals surface area (Å²) < 4.78 is 5.82. The highest BCUT2D eigenvalue weighted by Gasteiger charge is 2.18. The number of pyridine rings is 1. The van der Waals surface area contributed by atoms with Gasteiger partial charge in [-0.05, 0) is 32.4 Å². The highest BCUT2D eigenvalue weighted by Crippen LogP contribution is 2.16. The van der Waals surface area contributed by atoms with Crippen molar-refractivity contribution in [1.29, 1.82) is 0 Å². The first-order valence-electron chi connectivity index (χ1n) is 5.52. The van der Waals surface area contributed by atoms with Gasteiger partial charge in [-0.15, -0.1) is 0 Å². The summed E-state index contributed by atoms with van der Waals surface area (Å²) in [6.07, 6.45) is 4.40. The zero-order valence-electron chi connectivity index (χ0n) is 9.44. The van der Waals surface area contributed by atoms with Crippen LogP contribution in [0.1, 0.15) is 18.4 Å². The zero-order chi connectivity index (χ0) is 10.7. The van der Waals surface area contributed by atoms with Crippen LogP contribution in [-0.2, 0) is 0 Å². The van der Waals surface area contributed by atoms with E-state index in [2.05, 4.69) is 16.9 Å². The van der Waals surface area contributed by atoms with Gasteiger partial charge in [0.25, 0.3) is 0 Å². The SMILES string of the molecule is Cc1ccc(OC2CCN(C)CC2)nc1. The summed E-state index contributed by atoms with van der Waals surface area (Å²) in [6, 6.07) is 3.99. The van der Waals surface area contributed by atoms with Gasteiger partial charge in [-0.1, -0.05) is 6.07 Å². The second kappa shape index (κ2) is 4.62. The first-order valence-corrected chi connectivity index (χ1v) is 5.52. The maximum atomic E-state index is 5.82. The highest BCUT2D eigenvalue weighted by molar-refractivity contribution is 5.16. The van der Waals surface area contributed by atoms with Crippen molar-refractivity contribution in [1.82, 2.24) is 9.88 Å². The average molecular weight is 206 g/mol. The monoisotopic (exact) mass is 206 g/mol. The first-order chi connectivity index (χ1) is 7.24. The van der Waals surface area contributed by atoms with E-state index in [1.807, 2.05) is 25.3 Å². The fourth-order valence-electron chi connectivity index (χ4n) is 1.80. The van der Waals surface area contributed by atoms with Crippen LogP contribution in [0, 0.1) is 6.92 Å². The highest BCUT2D eigenvalue weighted by atomic mass is 16.5. The van der Waals surface area contributed by atoms with Gasteiger partial charge in [0, 0.05) is 25.4 Å². The van der Waals surface area contributed by atoms with Gasteiger partial charge in [0.1, 0.15) is 6.10 Å². The van der Waals surface area contributed by atoms with Crippen LogP contribution in [-0.4, -0.2) is 36.1 Å². The fourth-order valence-corrected chi connectivity index (χ4v) is 1.80. The standard InChI is InChI=1S/C12H18N2O/c1-10-3-4-12(13-9-10)15-11-5-7-14(2)8-6-11/h3-4,9,11H,5-8H2,1-2H3. The van der Waals surface area contributed by atoms with E-state index in [0.29, 0.717) is 6.10 Å². The maximum Gasteiger partial charge on any atom is 0.213 e. The topological polar surface area (TPSA) is 25.4 Å². The summed E-state index contributed by atoms with van der Waals surface area (Å²) in [5.41, 5.74) is 1.17. The fraction of sp³-hybridized carbons (Fsp3) is 0.583. The van der Waals surface area contributed by atoms with Crippen molar-refractivity contribution in [2.45, 2.75) is 25.9 Å². The van der Waals surface area contributed by atoms with Gasteiger partial charge in [-0.25, -0.2) is 4.98 Å². The second-order valence-electron chi connectivity index (χ2n) is 4.29. The quantitative estimate of drug-likeness (QED) is 0.738. The van der Waals surface area contributed by atoms with Crippen LogP contribution in [0.25, 0.3) is 0 Å². The molecule has 1 aliphatic rings. The number of hydrogen-bond donors (Lipinski definition) is 0. The lowest BCUT2D eigenvalue weighted by atomic mass is 10.1. The molecule has 2 rings (SSSR count). The number of aryl methyl sites for hydroxylation is 1. The number of aromatic nitrogens is 1. The van der Waals surface area contributed by atoms with Crippen molar-refractivity contribution in [3.05, 3.63) is 23.9 Å². The molecule has 0 atom stereocenters. The molecule has 0 saturated carbocycles. The Labute approximate surface area is 91.1 Å². The summed E-state index contributed by atoms with van der Waals surface area (Å²) in [7, 11) is 2.15. The van der Waals surface area contributed by atoms with Crippen LogP contribution >= 0.6 is 0 Å². The lowest BCUT2D eigenvalue weighted by molar-refractivity contribution is 0.110. The normalized spacial score (nSPS) is 19.1. The van der Waals surface area contributed by atoms with Crippen molar-refractivity contribution in [2.75, 3.05) is 20.1 Å². The molecule has 1 aromatic rings. The van der Waals surface area contributed by atoms with Crippen molar-refractivity contribution >= 4 is 0 Å². The van der Waals surface area contributed by atoms with E-state index in [4.69, 9.17) is 4.74 Å². The molecule has 2 heterocycles. The van der Waals surface area contributed by atoms with Crippen LogP contribution in [0.5, 0.6) is 5.88 Å². The van der Waals surface area contributed by atoms with Crippen molar-refractivity contribution in [2.24, 2.45) is 0 Å². The number of rotatable bonds is 2. The largest absolute Gasteiger partial charge is 0.474 e. The summed E-state index contributed by atoms with van der Waals surface area (Å²) in [5, 5.41) is 0.